The average Bonchev–Trinajstić information content (AvgIpc) is 2.04. The first-order chi connectivity index (χ1) is 5.77. The lowest BCUT2D eigenvalue weighted by Gasteiger charge is -2.22. The summed E-state index contributed by atoms with van der Waals surface area (Å²) in [6.07, 6.45) is 0.152. The van der Waals surface area contributed by atoms with Gasteiger partial charge in [0, 0.05) is 13.0 Å². The van der Waals surface area contributed by atoms with E-state index in [9.17, 15) is 9.50 Å². The van der Waals surface area contributed by atoms with Crippen molar-refractivity contribution in [3.05, 3.63) is 29.6 Å². The van der Waals surface area contributed by atoms with Crippen LogP contribution in [0.25, 0.3) is 0 Å². The number of hydrogen-bond donors (Lipinski definition) is 2. The van der Waals surface area contributed by atoms with Gasteiger partial charge in [0.05, 0.1) is 11.8 Å². The van der Waals surface area contributed by atoms with Gasteiger partial charge in [-0.3, -0.25) is 0 Å². The fourth-order valence-electron chi connectivity index (χ4n) is 1.48. The van der Waals surface area contributed by atoms with Crippen molar-refractivity contribution in [3.8, 4) is 0 Å². The van der Waals surface area contributed by atoms with Crippen molar-refractivity contribution in [1.82, 2.24) is 0 Å². The number of halogens is 2. The van der Waals surface area contributed by atoms with Gasteiger partial charge in [-0.1, -0.05) is 12.1 Å². The Morgan fingerprint density at radius 2 is 2.23 bits per heavy atom. The molecule has 72 valence electrons. The highest BCUT2D eigenvalue weighted by atomic mass is 35.5. The third-order valence-electron chi connectivity index (χ3n) is 2.07. The lowest BCUT2D eigenvalue weighted by molar-refractivity contribution is 0.184. The van der Waals surface area contributed by atoms with Crippen LogP contribution in [0.15, 0.2) is 18.2 Å². The molecule has 0 bridgehead atoms. The van der Waals surface area contributed by atoms with E-state index in [4.69, 9.17) is 0 Å². The molecule has 4 heteroatoms. The van der Waals surface area contributed by atoms with Crippen molar-refractivity contribution in [2.45, 2.75) is 12.5 Å². The van der Waals surface area contributed by atoms with Gasteiger partial charge in [-0.15, -0.1) is 12.4 Å². The molecule has 1 aliphatic heterocycles. The summed E-state index contributed by atoms with van der Waals surface area (Å²) in [5.74, 6) is -0.237. The maximum atomic E-state index is 13.1. The molecule has 2 N–H and O–H groups in total. The number of β-amino-alcohol motifs (C(OH)–C–C–N with tert-alkyl or cyclic N) is 1. The molecule has 0 fully saturated rings. The molecular weight excluding hydrogens is 193 g/mol. The molecular formula is C9H11ClFNO. The van der Waals surface area contributed by atoms with E-state index in [1.54, 1.807) is 6.07 Å². The molecule has 0 aliphatic carbocycles. The molecule has 1 aliphatic rings. The van der Waals surface area contributed by atoms with Crippen LogP contribution in [0.3, 0.4) is 0 Å². The number of benzene rings is 1. The fraction of sp³-hybridized carbons (Fsp3) is 0.333. The highest BCUT2D eigenvalue weighted by Crippen LogP contribution is 2.24. The van der Waals surface area contributed by atoms with Gasteiger partial charge < -0.3 is 10.4 Å². The number of rotatable bonds is 0. The van der Waals surface area contributed by atoms with E-state index < -0.39 is 0 Å². The Bertz CT molecular complexity index is 306. The zero-order valence-electron chi connectivity index (χ0n) is 6.96. The molecule has 0 radical (unpaired) electrons. The fourth-order valence-corrected chi connectivity index (χ4v) is 1.48. The Morgan fingerprint density at radius 1 is 1.46 bits per heavy atom. The third kappa shape index (κ3) is 1.92. The first kappa shape index (κ1) is 10.3. The van der Waals surface area contributed by atoms with Crippen molar-refractivity contribution >= 4 is 18.1 Å². The molecule has 1 aromatic rings. The van der Waals surface area contributed by atoms with E-state index >= 15 is 0 Å². The molecule has 0 saturated heterocycles. The molecule has 0 saturated carbocycles. The van der Waals surface area contributed by atoms with Crippen molar-refractivity contribution in [2.24, 2.45) is 0 Å². The van der Waals surface area contributed by atoms with Crippen LogP contribution in [-0.2, 0) is 6.42 Å². The molecule has 2 nitrogen and oxygen atoms in total. The summed E-state index contributed by atoms with van der Waals surface area (Å²) in [5, 5.41) is 12.1. The second-order valence-corrected chi connectivity index (χ2v) is 3.01. The van der Waals surface area contributed by atoms with Crippen molar-refractivity contribution in [2.75, 3.05) is 11.9 Å². The number of para-hydroxylation sites is 1. The highest BCUT2D eigenvalue weighted by molar-refractivity contribution is 5.85. The molecule has 0 aromatic heterocycles. The summed E-state index contributed by atoms with van der Waals surface area (Å²) in [5.41, 5.74) is 1.40. The summed E-state index contributed by atoms with van der Waals surface area (Å²) in [4.78, 5) is 0. The number of aliphatic hydroxyl groups is 1. The predicted molar refractivity (Wildman–Crippen MR) is 51.8 cm³/mol. The van der Waals surface area contributed by atoms with Crippen LogP contribution in [0.1, 0.15) is 5.56 Å². The van der Waals surface area contributed by atoms with Gasteiger partial charge in [-0.05, 0) is 11.6 Å². The summed E-state index contributed by atoms with van der Waals surface area (Å²) < 4.78 is 13.1. The Morgan fingerprint density at radius 3 is 3.00 bits per heavy atom. The molecule has 1 aromatic carbocycles. The van der Waals surface area contributed by atoms with Crippen LogP contribution < -0.4 is 5.32 Å². The molecule has 1 unspecified atom stereocenters. The zero-order chi connectivity index (χ0) is 8.55. The Hall–Kier alpha value is -0.800. The topological polar surface area (TPSA) is 32.3 Å². The Kier molecular flexibility index (Phi) is 3.12. The van der Waals surface area contributed by atoms with Gasteiger partial charge >= 0.3 is 0 Å². The summed E-state index contributed by atoms with van der Waals surface area (Å²) in [6, 6.07) is 4.91. The summed E-state index contributed by atoms with van der Waals surface area (Å²) >= 11 is 0. The normalized spacial score (nSPS) is 19.7. The third-order valence-corrected chi connectivity index (χ3v) is 2.07. The van der Waals surface area contributed by atoms with Gasteiger partial charge in [-0.2, -0.15) is 0 Å². The predicted octanol–water partition coefficient (Wildman–Crippen LogP) is 1.58. The first-order valence-electron chi connectivity index (χ1n) is 3.96. The molecule has 1 heterocycles. The molecule has 1 atom stereocenters. The van der Waals surface area contributed by atoms with Crippen LogP contribution in [0.5, 0.6) is 0 Å². The number of nitrogens with one attached hydrogen (secondary N) is 1. The second kappa shape index (κ2) is 3.94. The lowest BCUT2D eigenvalue weighted by atomic mass is 10.0. The van der Waals surface area contributed by atoms with E-state index in [1.165, 1.54) is 6.07 Å². The minimum atomic E-state index is -0.390. The van der Waals surface area contributed by atoms with Gasteiger partial charge in [0.2, 0.25) is 0 Å². The Labute approximate surface area is 82.2 Å². The molecule has 13 heavy (non-hydrogen) atoms. The minimum Gasteiger partial charge on any atom is -0.391 e. The number of fused-ring (bicyclic) bond motifs is 1. The van der Waals surface area contributed by atoms with E-state index in [0.29, 0.717) is 18.7 Å². The minimum absolute atomic E-state index is 0. The van der Waals surface area contributed by atoms with Crippen LogP contribution >= 0.6 is 12.4 Å². The van der Waals surface area contributed by atoms with Crippen molar-refractivity contribution in [1.29, 1.82) is 0 Å². The first-order valence-corrected chi connectivity index (χ1v) is 3.96. The number of hydrogen-bond acceptors (Lipinski definition) is 2. The van der Waals surface area contributed by atoms with Crippen LogP contribution in [-0.4, -0.2) is 17.8 Å². The summed E-state index contributed by atoms with van der Waals surface area (Å²) in [7, 11) is 0. The highest BCUT2D eigenvalue weighted by Gasteiger charge is 2.17. The number of aliphatic hydroxyl groups excluding tert-OH is 1. The largest absolute Gasteiger partial charge is 0.391 e. The maximum absolute atomic E-state index is 13.1. The van der Waals surface area contributed by atoms with E-state index in [0.717, 1.165) is 5.56 Å². The van der Waals surface area contributed by atoms with Gasteiger partial charge in [-0.25, -0.2) is 4.39 Å². The zero-order valence-corrected chi connectivity index (χ0v) is 7.77. The SMILES string of the molecule is Cl.OC1CNc2c(F)cccc2C1. The van der Waals surface area contributed by atoms with E-state index in [-0.39, 0.29) is 24.3 Å². The van der Waals surface area contributed by atoms with E-state index in [1.807, 2.05) is 6.07 Å². The summed E-state index contributed by atoms with van der Waals surface area (Å²) in [6.45, 7) is 0.438. The van der Waals surface area contributed by atoms with Crippen LogP contribution in [0.4, 0.5) is 10.1 Å². The van der Waals surface area contributed by atoms with Crippen LogP contribution in [0.2, 0.25) is 0 Å². The molecule has 0 amide bonds. The van der Waals surface area contributed by atoms with Gasteiger partial charge in [0.25, 0.3) is 0 Å². The van der Waals surface area contributed by atoms with Crippen LogP contribution in [0, 0.1) is 5.82 Å². The standard InChI is InChI=1S/C9H10FNO.ClH/c10-8-3-1-2-6-4-7(12)5-11-9(6)8;/h1-3,7,11-12H,4-5H2;1H. The van der Waals surface area contributed by atoms with E-state index in [2.05, 4.69) is 5.32 Å². The molecule has 2 rings (SSSR count). The second-order valence-electron chi connectivity index (χ2n) is 3.01. The lowest BCUT2D eigenvalue weighted by Crippen LogP contribution is -2.28. The number of anilines is 1. The smallest absolute Gasteiger partial charge is 0.146 e. The van der Waals surface area contributed by atoms with Crippen molar-refractivity contribution < 1.29 is 9.50 Å². The Balaban J connectivity index is 0.000000845. The van der Waals surface area contributed by atoms with Gasteiger partial charge in [0.1, 0.15) is 5.82 Å². The molecule has 0 spiro atoms. The average molecular weight is 204 g/mol. The van der Waals surface area contributed by atoms with Crippen molar-refractivity contribution in [3.63, 3.8) is 0 Å². The quantitative estimate of drug-likeness (QED) is 0.671. The maximum Gasteiger partial charge on any atom is 0.146 e. The van der Waals surface area contributed by atoms with Gasteiger partial charge in [0.15, 0.2) is 0 Å². The monoisotopic (exact) mass is 203 g/mol.